The Labute approximate surface area is 256 Å². The van der Waals surface area contributed by atoms with Crippen LogP contribution < -0.4 is 21.2 Å². The molecule has 15 heteroatoms. The van der Waals surface area contributed by atoms with Crippen molar-refractivity contribution in [3.63, 3.8) is 0 Å². The van der Waals surface area contributed by atoms with Crippen LogP contribution in [-0.4, -0.2) is 58.7 Å². The van der Waals surface area contributed by atoms with Crippen LogP contribution in [0.2, 0.25) is 0 Å². The van der Waals surface area contributed by atoms with Crippen molar-refractivity contribution >= 4 is 77.7 Å². The van der Waals surface area contributed by atoms with Gasteiger partial charge in [0.25, 0.3) is 0 Å². The van der Waals surface area contributed by atoms with Crippen LogP contribution >= 0.6 is 17.2 Å². The zero-order valence-corrected chi connectivity index (χ0v) is 28.7. The summed E-state index contributed by atoms with van der Waals surface area (Å²) in [6, 6.07) is 23.8. The molecule has 0 amide bonds. The normalized spacial score (nSPS) is 12.8. The molecule has 0 spiro atoms. The maximum absolute atomic E-state index is 11.7. The van der Waals surface area contributed by atoms with Crippen molar-refractivity contribution in [1.29, 1.82) is 0 Å². The first-order valence-electron chi connectivity index (χ1n) is 11.4. The maximum atomic E-state index is 11.7. The van der Waals surface area contributed by atoms with Gasteiger partial charge in [-0.2, -0.15) is 12.1 Å². The Kier molecular flexibility index (Phi) is 11.9. The average molecular weight is 715 g/mol. The monoisotopic (exact) mass is 714 g/mol. The summed E-state index contributed by atoms with van der Waals surface area (Å²) in [4.78, 5) is 0.146. The molecule has 0 aliphatic heterocycles. The number of sulfone groups is 4. The zero-order chi connectivity index (χ0) is 29.9. The van der Waals surface area contributed by atoms with Crippen LogP contribution in [0.5, 0.6) is 0 Å². The fourth-order valence-corrected chi connectivity index (χ4v) is 8.98. The van der Waals surface area contributed by atoms with E-state index < -0.39 is 39.3 Å². The van der Waals surface area contributed by atoms with Crippen LogP contribution in [0.25, 0.3) is 0 Å². The fourth-order valence-electron chi connectivity index (χ4n) is 3.39. The van der Waals surface area contributed by atoms with Crippen LogP contribution in [0, 0.1) is 0 Å². The summed E-state index contributed by atoms with van der Waals surface area (Å²) in [5, 5.41) is 3.46. The van der Waals surface area contributed by atoms with Gasteiger partial charge in [-0.1, -0.05) is 5.30 Å². The summed E-state index contributed by atoms with van der Waals surface area (Å²) in [6.07, 6.45) is 4.29. The van der Waals surface area contributed by atoms with Gasteiger partial charge < -0.3 is 29.6 Å². The predicted octanol–water partition coefficient (Wildman–Crippen LogP) is 1.68. The molecular formula is C26H28FeO8P2S4-6. The van der Waals surface area contributed by atoms with Crippen LogP contribution in [0.3, 0.4) is 0 Å². The van der Waals surface area contributed by atoms with Crippen LogP contribution in [0.4, 0.5) is 0 Å². The minimum atomic E-state index is -3.45. The summed E-state index contributed by atoms with van der Waals surface area (Å²) >= 11 is 0. The van der Waals surface area contributed by atoms with E-state index in [9.17, 15) is 33.7 Å². The number of hydrogen-bond acceptors (Lipinski definition) is 8. The van der Waals surface area contributed by atoms with Crippen molar-refractivity contribution in [3.05, 3.63) is 84.9 Å². The van der Waals surface area contributed by atoms with E-state index in [1.807, 2.05) is 48.5 Å². The molecule has 228 valence electrons. The van der Waals surface area contributed by atoms with E-state index in [0.717, 1.165) is 35.6 Å². The molecule has 0 fully saturated rings. The topological polar surface area (TPSA) is 137 Å². The molecule has 0 saturated carbocycles. The summed E-state index contributed by atoms with van der Waals surface area (Å²) in [5.41, 5.74) is 0. The molecule has 0 saturated heterocycles. The minimum Gasteiger partial charge on any atom is -0.747 e. The maximum Gasteiger partial charge on any atom is 0.175 e. The molecule has 0 aromatic heterocycles. The SMILES string of the molecule is CS(=O)(=O)c1cc(P[c-]2[cH-][cH-][cH-][cH-]2)cc(S(C)(=O)=O)c1.CS(=O)(=O)c1cc(P[c-]2cccc2)cc(S(C)(=O)=O)c1.[Fe]. The number of benzene rings is 2. The largest absolute Gasteiger partial charge is 0.747 e. The first-order chi connectivity index (χ1) is 18.3. The first kappa shape index (κ1) is 35.5. The number of hydrogen-bond donors (Lipinski definition) is 0. The van der Waals surface area contributed by atoms with Gasteiger partial charge in [-0.15, -0.1) is 13.9 Å². The van der Waals surface area contributed by atoms with Gasteiger partial charge >= 0.3 is 0 Å². The third-order valence-electron chi connectivity index (χ3n) is 5.38. The van der Waals surface area contributed by atoms with E-state index >= 15 is 0 Å². The fraction of sp³-hybridized carbons (Fsp3) is 0.154. The summed E-state index contributed by atoms with van der Waals surface area (Å²) in [7, 11) is -13.3. The van der Waals surface area contributed by atoms with E-state index in [-0.39, 0.29) is 53.8 Å². The van der Waals surface area contributed by atoms with E-state index in [4.69, 9.17) is 0 Å². The van der Waals surface area contributed by atoms with Crippen molar-refractivity contribution in [3.8, 4) is 0 Å². The second kappa shape index (κ2) is 13.7. The average Bonchev–Trinajstić information content (AvgIpc) is 3.51. The van der Waals surface area contributed by atoms with Gasteiger partial charge in [0.05, 0.1) is 19.6 Å². The van der Waals surface area contributed by atoms with E-state index in [2.05, 4.69) is 0 Å². The van der Waals surface area contributed by atoms with Crippen LogP contribution in [0.1, 0.15) is 0 Å². The van der Waals surface area contributed by atoms with E-state index in [1.54, 1.807) is 0 Å². The smallest absolute Gasteiger partial charge is 0.175 e. The van der Waals surface area contributed by atoms with Crippen molar-refractivity contribution in [2.24, 2.45) is 0 Å². The van der Waals surface area contributed by atoms with E-state index in [1.165, 1.54) is 36.4 Å². The van der Waals surface area contributed by atoms with Crippen molar-refractivity contribution in [2.75, 3.05) is 25.0 Å². The van der Waals surface area contributed by atoms with Crippen LogP contribution in [-0.2, 0) is 56.4 Å². The van der Waals surface area contributed by atoms with Gasteiger partial charge in [-0.05, 0) is 41.7 Å². The van der Waals surface area contributed by atoms with Gasteiger partial charge in [0.1, 0.15) is 0 Å². The first-order valence-corrected chi connectivity index (χ1v) is 21.0. The summed E-state index contributed by atoms with van der Waals surface area (Å²) < 4.78 is 93.4. The molecule has 0 heterocycles. The zero-order valence-electron chi connectivity index (χ0n) is 22.3. The second-order valence-electron chi connectivity index (χ2n) is 9.07. The molecule has 2 unspecified atom stereocenters. The Bertz CT molecular complexity index is 1690. The Morgan fingerprint density at radius 1 is 0.537 bits per heavy atom. The second-order valence-corrected chi connectivity index (χ2v) is 19.9. The van der Waals surface area contributed by atoms with Gasteiger partial charge in [0, 0.05) is 42.1 Å². The molecular weight excluding hydrogens is 686 g/mol. The van der Waals surface area contributed by atoms with E-state index in [0.29, 0.717) is 10.6 Å². The Morgan fingerprint density at radius 2 is 0.854 bits per heavy atom. The molecule has 4 aromatic carbocycles. The van der Waals surface area contributed by atoms with Crippen LogP contribution in [0.15, 0.2) is 105 Å². The van der Waals surface area contributed by atoms with Crippen molar-refractivity contribution in [1.82, 2.24) is 0 Å². The minimum absolute atomic E-state index is 0. The Morgan fingerprint density at radius 3 is 1.17 bits per heavy atom. The molecule has 41 heavy (non-hydrogen) atoms. The van der Waals surface area contributed by atoms with Gasteiger partial charge in [0.15, 0.2) is 39.3 Å². The summed E-state index contributed by atoms with van der Waals surface area (Å²) in [5.74, 6) is 0. The third kappa shape index (κ3) is 10.8. The van der Waals surface area contributed by atoms with Crippen molar-refractivity contribution in [2.45, 2.75) is 19.6 Å². The van der Waals surface area contributed by atoms with Gasteiger partial charge in [0.2, 0.25) is 0 Å². The van der Waals surface area contributed by atoms with Gasteiger partial charge in [-0.3, -0.25) is 8.58 Å². The Balaban J connectivity index is 0.000000280. The molecule has 0 aliphatic carbocycles. The number of rotatable bonds is 8. The standard InChI is InChI=1S/2C13H14O4PS2.Fe/c2*1-19(14,15)12-7-11(18-10-5-3-4-6-10)8-13(9-12)20(2,16)17;/h2*3-9,18H,1-2H3;/q-5;-1;. The molecule has 4 aromatic rings. The third-order valence-corrected chi connectivity index (χ3v) is 12.1. The molecule has 8 nitrogen and oxygen atoms in total. The predicted molar refractivity (Wildman–Crippen MR) is 165 cm³/mol. The van der Waals surface area contributed by atoms with Crippen molar-refractivity contribution < 1.29 is 50.7 Å². The van der Waals surface area contributed by atoms with Gasteiger partial charge in [-0.25, -0.2) is 45.8 Å². The quantitative estimate of drug-likeness (QED) is 0.153. The molecule has 2 atom stereocenters. The summed E-state index contributed by atoms with van der Waals surface area (Å²) in [6.45, 7) is 0. The molecule has 0 bridgehead atoms. The molecule has 4 rings (SSSR count). The molecule has 0 N–H and O–H groups in total. The molecule has 0 aliphatic rings. The molecule has 0 radical (unpaired) electrons. The Hall–Kier alpha value is -1.68.